The number of fused-ring (bicyclic) bond motifs is 1. The van der Waals surface area contributed by atoms with Gasteiger partial charge in [-0.25, -0.2) is 0 Å². The Bertz CT molecular complexity index is 1150. The summed E-state index contributed by atoms with van der Waals surface area (Å²) in [7, 11) is 0. The van der Waals surface area contributed by atoms with Gasteiger partial charge in [-0.05, 0) is 48.2 Å². The van der Waals surface area contributed by atoms with Crippen LogP contribution in [0.3, 0.4) is 0 Å². The lowest BCUT2D eigenvalue weighted by Gasteiger charge is -2.34. The predicted molar refractivity (Wildman–Crippen MR) is 125 cm³/mol. The van der Waals surface area contributed by atoms with E-state index in [2.05, 4.69) is 10.9 Å². The molecular weight excluding hydrogens is 418 g/mol. The summed E-state index contributed by atoms with van der Waals surface area (Å²) in [6.07, 6.45) is 1.24. The fourth-order valence-corrected chi connectivity index (χ4v) is 4.00. The van der Waals surface area contributed by atoms with Crippen LogP contribution in [0.2, 0.25) is 0 Å². The molecular formula is C26H27N3O4. The topological polar surface area (TPSA) is 87.7 Å². The first kappa shape index (κ1) is 22.3. The molecule has 0 aromatic heterocycles. The van der Waals surface area contributed by atoms with Crippen molar-refractivity contribution < 1.29 is 19.1 Å². The maximum absolute atomic E-state index is 13.1. The van der Waals surface area contributed by atoms with Crippen LogP contribution < -0.4 is 15.6 Å². The molecule has 1 saturated heterocycles. The van der Waals surface area contributed by atoms with Gasteiger partial charge >= 0.3 is 0 Å². The SMILES string of the molecule is CC(Oc1ccc2ccccc2c1)C(=O)NNC(=O)C(c1ccccc1)N1CCCCC1=O. The zero-order valence-corrected chi connectivity index (χ0v) is 18.5. The van der Waals surface area contributed by atoms with Gasteiger partial charge in [-0.2, -0.15) is 0 Å². The molecule has 0 radical (unpaired) electrons. The standard InChI is InChI=1S/C26H27N3O4/c1-18(33-22-15-14-19-9-5-6-12-21(19)17-22)25(31)27-28-26(32)24(20-10-3-2-4-11-20)29-16-8-7-13-23(29)30/h2-6,9-12,14-15,17-18,24H,7-8,13,16H2,1H3,(H,27,31)(H,28,32). The molecule has 0 spiro atoms. The van der Waals surface area contributed by atoms with Crippen molar-refractivity contribution in [3.05, 3.63) is 78.4 Å². The Balaban J connectivity index is 1.40. The van der Waals surface area contributed by atoms with Crippen molar-refractivity contribution in [2.45, 2.75) is 38.3 Å². The van der Waals surface area contributed by atoms with Crippen LogP contribution in [-0.4, -0.2) is 35.3 Å². The first-order valence-electron chi connectivity index (χ1n) is 11.1. The lowest BCUT2D eigenvalue weighted by Crippen LogP contribution is -2.52. The molecule has 170 valence electrons. The van der Waals surface area contributed by atoms with Gasteiger partial charge < -0.3 is 9.64 Å². The summed E-state index contributed by atoms with van der Waals surface area (Å²) in [5.74, 6) is -0.468. The molecule has 3 aromatic carbocycles. The van der Waals surface area contributed by atoms with E-state index in [9.17, 15) is 14.4 Å². The van der Waals surface area contributed by atoms with Gasteiger partial charge in [0.25, 0.3) is 11.8 Å². The second-order valence-electron chi connectivity index (χ2n) is 8.10. The number of benzene rings is 3. The lowest BCUT2D eigenvalue weighted by atomic mass is 10.0. The smallest absolute Gasteiger partial charge is 0.279 e. The molecule has 7 heteroatoms. The summed E-state index contributed by atoms with van der Waals surface area (Å²) in [5.41, 5.74) is 5.62. The zero-order chi connectivity index (χ0) is 23.2. The van der Waals surface area contributed by atoms with Crippen LogP contribution in [-0.2, 0) is 14.4 Å². The fraction of sp³-hybridized carbons (Fsp3) is 0.269. The number of ether oxygens (including phenoxy) is 1. The van der Waals surface area contributed by atoms with E-state index in [1.165, 1.54) is 0 Å². The number of rotatable bonds is 6. The molecule has 3 amide bonds. The van der Waals surface area contributed by atoms with Crippen LogP contribution in [0.25, 0.3) is 10.8 Å². The molecule has 1 fully saturated rings. The summed E-state index contributed by atoms with van der Waals surface area (Å²) in [6, 6.07) is 21.8. The first-order valence-corrected chi connectivity index (χ1v) is 11.1. The normalized spacial score (nSPS) is 15.5. The third-order valence-electron chi connectivity index (χ3n) is 5.75. The largest absolute Gasteiger partial charge is 0.481 e. The molecule has 0 bridgehead atoms. The second-order valence-corrected chi connectivity index (χ2v) is 8.10. The molecule has 4 rings (SSSR count). The van der Waals surface area contributed by atoms with E-state index in [1.54, 1.807) is 30.0 Å². The van der Waals surface area contributed by atoms with Gasteiger partial charge in [-0.1, -0.05) is 60.7 Å². The number of hydrogen-bond donors (Lipinski definition) is 2. The quantitative estimate of drug-likeness (QED) is 0.569. The maximum atomic E-state index is 13.1. The van der Waals surface area contributed by atoms with Crippen molar-refractivity contribution >= 4 is 28.5 Å². The van der Waals surface area contributed by atoms with Crippen molar-refractivity contribution in [1.82, 2.24) is 15.8 Å². The number of piperidine rings is 1. The Hall–Kier alpha value is -3.87. The molecule has 33 heavy (non-hydrogen) atoms. The van der Waals surface area contributed by atoms with E-state index in [4.69, 9.17) is 4.74 Å². The van der Waals surface area contributed by atoms with E-state index in [0.29, 0.717) is 24.3 Å². The highest BCUT2D eigenvalue weighted by atomic mass is 16.5. The third kappa shape index (κ3) is 5.31. The van der Waals surface area contributed by atoms with E-state index in [-0.39, 0.29) is 5.91 Å². The number of carbonyl (C=O) groups excluding carboxylic acids is 3. The Morgan fingerprint density at radius 3 is 2.33 bits per heavy atom. The summed E-state index contributed by atoms with van der Waals surface area (Å²) < 4.78 is 5.77. The van der Waals surface area contributed by atoms with E-state index in [0.717, 1.165) is 23.6 Å². The molecule has 3 aromatic rings. The third-order valence-corrected chi connectivity index (χ3v) is 5.75. The molecule has 1 aliphatic rings. The van der Waals surface area contributed by atoms with Crippen LogP contribution >= 0.6 is 0 Å². The molecule has 0 aliphatic carbocycles. The summed E-state index contributed by atoms with van der Waals surface area (Å²) in [4.78, 5) is 39.7. The van der Waals surface area contributed by atoms with Crippen molar-refractivity contribution in [2.24, 2.45) is 0 Å². The van der Waals surface area contributed by atoms with Crippen molar-refractivity contribution in [3.8, 4) is 5.75 Å². The van der Waals surface area contributed by atoms with Crippen molar-refractivity contribution in [2.75, 3.05) is 6.54 Å². The molecule has 2 atom stereocenters. The Morgan fingerprint density at radius 2 is 1.58 bits per heavy atom. The fourth-order valence-electron chi connectivity index (χ4n) is 4.00. The zero-order valence-electron chi connectivity index (χ0n) is 18.5. The van der Waals surface area contributed by atoms with Gasteiger partial charge in [0.2, 0.25) is 5.91 Å². The van der Waals surface area contributed by atoms with E-state index < -0.39 is 24.0 Å². The molecule has 1 aliphatic heterocycles. The number of carbonyl (C=O) groups is 3. The molecule has 0 saturated carbocycles. The first-order chi connectivity index (χ1) is 16.0. The number of nitrogens with one attached hydrogen (secondary N) is 2. The van der Waals surface area contributed by atoms with Gasteiger partial charge in [-0.15, -0.1) is 0 Å². The predicted octanol–water partition coefficient (Wildman–Crippen LogP) is 3.51. The number of amides is 3. The molecule has 1 heterocycles. The lowest BCUT2D eigenvalue weighted by molar-refractivity contribution is -0.144. The minimum atomic E-state index is -0.835. The number of hydrogen-bond acceptors (Lipinski definition) is 4. The summed E-state index contributed by atoms with van der Waals surface area (Å²) in [6.45, 7) is 2.11. The highest BCUT2D eigenvalue weighted by Gasteiger charge is 2.33. The highest BCUT2D eigenvalue weighted by molar-refractivity contribution is 5.91. The molecule has 7 nitrogen and oxygen atoms in total. The summed E-state index contributed by atoms with van der Waals surface area (Å²) in [5, 5.41) is 2.08. The van der Waals surface area contributed by atoms with Crippen LogP contribution in [0.1, 0.15) is 37.8 Å². The maximum Gasteiger partial charge on any atom is 0.279 e. The van der Waals surface area contributed by atoms with Gasteiger partial charge in [0.15, 0.2) is 6.10 Å². The Kier molecular flexibility index (Phi) is 6.88. The number of nitrogens with zero attached hydrogens (tertiary/aromatic N) is 1. The van der Waals surface area contributed by atoms with Crippen LogP contribution in [0.15, 0.2) is 72.8 Å². The van der Waals surface area contributed by atoms with E-state index >= 15 is 0 Å². The van der Waals surface area contributed by atoms with Crippen molar-refractivity contribution in [3.63, 3.8) is 0 Å². The highest BCUT2D eigenvalue weighted by Crippen LogP contribution is 2.26. The van der Waals surface area contributed by atoms with Gasteiger partial charge in [0.1, 0.15) is 11.8 Å². The van der Waals surface area contributed by atoms with Gasteiger partial charge in [0, 0.05) is 13.0 Å². The minimum Gasteiger partial charge on any atom is -0.481 e. The average Bonchev–Trinajstić information content (AvgIpc) is 2.84. The van der Waals surface area contributed by atoms with E-state index in [1.807, 2.05) is 54.6 Å². The Labute approximate surface area is 192 Å². The van der Waals surface area contributed by atoms with Crippen LogP contribution in [0.4, 0.5) is 0 Å². The number of hydrazine groups is 1. The average molecular weight is 446 g/mol. The monoisotopic (exact) mass is 445 g/mol. The Morgan fingerprint density at radius 1 is 0.879 bits per heavy atom. The van der Waals surface area contributed by atoms with Gasteiger partial charge in [0.05, 0.1) is 0 Å². The number of likely N-dealkylation sites (tertiary alicyclic amines) is 1. The summed E-state index contributed by atoms with van der Waals surface area (Å²) >= 11 is 0. The van der Waals surface area contributed by atoms with Crippen molar-refractivity contribution in [1.29, 1.82) is 0 Å². The van der Waals surface area contributed by atoms with Gasteiger partial charge in [-0.3, -0.25) is 25.2 Å². The van der Waals surface area contributed by atoms with Crippen LogP contribution in [0.5, 0.6) is 5.75 Å². The van der Waals surface area contributed by atoms with Crippen LogP contribution in [0, 0.1) is 0 Å². The molecule has 2 N–H and O–H groups in total. The minimum absolute atomic E-state index is 0.0652. The second kappa shape index (κ2) is 10.2. The molecule has 2 unspecified atom stereocenters.